The molecule has 3 heterocycles. The zero-order valence-electron chi connectivity index (χ0n) is 17.9. The molecular weight excluding hydrogens is 422 g/mol. The predicted octanol–water partition coefficient (Wildman–Crippen LogP) is 1.39. The summed E-state index contributed by atoms with van der Waals surface area (Å²) in [5.74, 6) is -0.857. The number of benzene rings is 2. The summed E-state index contributed by atoms with van der Waals surface area (Å²) in [6, 6.07) is 13.3. The fraction of sp³-hybridized carbons (Fsp3) is 0.240. The number of carbonyl (C=O) groups excluding carboxylic acids is 2. The number of hydrogen-bond acceptors (Lipinski definition) is 5. The van der Waals surface area contributed by atoms with Gasteiger partial charge in [0.2, 0.25) is 12.1 Å². The van der Waals surface area contributed by atoms with Crippen LogP contribution in [-0.2, 0) is 16.1 Å². The first-order valence-electron chi connectivity index (χ1n) is 10.9. The third-order valence-corrected chi connectivity index (χ3v) is 5.87. The largest absolute Gasteiger partial charge is 0.872 e. The van der Waals surface area contributed by atoms with Crippen LogP contribution in [-0.4, -0.2) is 41.3 Å². The quantitative estimate of drug-likeness (QED) is 0.268. The normalized spacial score (nSPS) is 19.2. The Balaban J connectivity index is 1.52. The first-order valence-corrected chi connectivity index (χ1v) is 10.9. The van der Waals surface area contributed by atoms with E-state index in [1.54, 1.807) is 18.2 Å². The van der Waals surface area contributed by atoms with E-state index in [0.29, 0.717) is 49.8 Å². The monoisotopic (exact) mass is 445 g/mol. The molecule has 2 aromatic carbocycles. The van der Waals surface area contributed by atoms with Crippen molar-refractivity contribution in [1.82, 2.24) is 9.88 Å². The molecule has 0 bridgehead atoms. The minimum Gasteiger partial charge on any atom is -0.872 e. The molecule has 0 aliphatic carbocycles. The summed E-state index contributed by atoms with van der Waals surface area (Å²) in [7, 11) is 0. The van der Waals surface area contributed by atoms with E-state index >= 15 is 0 Å². The Bertz CT molecular complexity index is 1200. The van der Waals surface area contributed by atoms with Crippen LogP contribution in [0.4, 0.5) is 0 Å². The van der Waals surface area contributed by atoms with Gasteiger partial charge in [0, 0.05) is 18.5 Å². The third kappa shape index (κ3) is 3.95. The number of aromatic amines is 1. The summed E-state index contributed by atoms with van der Waals surface area (Å²) in [5.41, 5.74) is 0.991. The second-order valence-electron chi connectivity index (χ2n) is 7.95. The van der Waals surface area contributed by atoms with Gasteiger partial charge in [0.1, 0.15) is 25.6 Å². The molecule has 0 saturated carbocycles. The van der Waals surface area contributed by atoms with Crippen molar-refractivity contribution in [2.75, 3.05) is 19.8 Å². The number of imidazole rings is 1. The highest BCUT2D eigenvalue weighted by molar-refractivity contribution is 6.46. The van der Waals surface area contributed by atoms with Crippen LogP contribution in [0.1, 0.15) is 23.6 Å². The Kier molecular flexibility index (Phi) is 5.56. The average molecular weight is 445 g/mol. The summed E-state index contributed by atoms with van der Waals surface area (Å²) in [5, 5.41) is 13.5. The van der Waals surface area contributed by atoms with Crippen molar-refractivity contribution < 1.29 is 28.7 Å². The zero-order valence-corrected chi connectivity index (χ0v) is 17.9. The van der Waals surface area contributed by atoms with Gasteiger partial charge in [0.05, 0.1) is 12.6 Å². The van der Waals surface area contributed by atoms with Crippen LogP contribution < -0.4 is 19.1 Å². The van der Waals surface area contributed by atoms with E-state index in [2.05, 4.69) is 4.98 Å². The van der Waals surface area contributed by atoms with E-state index in [4.69, 9.17) is 9.47 Å². The molecular formula is C25H23N3O5. The molecule has 33 heavy (non-hydrogen) atoms. The fourth-order valence-corrected chi connectivity index (χ4v) is 4.31. The van der Waals surface area contributed by atoms with Crippen LogP contribution in [0.25, 0.3) is 5.76 Å². The molecule has 1 fully saturated rings. The maximum Gasteiger partial charge on any atom is 0.295 e. The highest BCUT2D eigenvalue weighted by Crippen LogP contribution is 2.40. The molecule has 3 aromatic rings. The lowest BCUT2D eigenvalue weighted by Gasteiger charge is -2.28. The minimum absolute atomic E-state index is 0.0304. The van der Waals surface area contributed by atoms with Crippen LogP contribution in [0.5, 0.6) is 11.5 Å². The predicted molar refractivity (Wildman–Crippen MR) is 116 cm³/mol. The maximum atomic E-state index is 13.5. The smallest absolute Gasteiger partial charge is 0.295 e. The topological polar surface area (TPSA) is 98.6 Å². The molecule has 1 aromatic heterocycles. The minimum atomic E-state index is -0.752. The number of likely N-dealkylation sites (tertiary alicyclic amines) is 1. The Morgan fingerprint density at radius 1 is 1.09 bits per heavy atom. The molecule has 0 spiro atoms. The second kappa shape index (κ2) is 8.82. The second-order valence-corrected chi connectivity index (χ2v) is 7.95. The van der Waals surface area contributed by atoms with E-state index in [-0.39, 0.29) is 5.57 Å². The maximum absolute atomic E-state index is 13.5. The Morgan fingerprint density at radius 3 is 2.64 bits per heavy atom. The van der Waals surface area contributed by atoms with E-state index in [1.807, 2.05) is 53.6 Å². The Labute approximate surface area is 190 Å². The molecule has 168 valence electrons. The fourth-order valence-electron chi connectivity index (χ4n) is 4.31. The number of aromatic nitrogens is 2. The van der Waals surface area contributed by atoms with E-state index < -0.39 is 23.5 Å². The summed E-state index contributed by atoms with van der Waals surface area (Å²) in [6.07, 6.45) is 6.18. The molecule has 1 atom stereocenters. The zero-order chi connectivity index (χ0) is 22.8. The number of carbonyl (C=O) groups is 2. The highest BCUT2D eigenvalue weighted by Gasteiger charge is 2.43. The number of Topliss-reactive ketones (excluding diaryl/α,β-unsaturated/α-hetero) is 1. The number of hydrogen-bond donors (Lipinski definition) is 1. The first kappa shape index (κ1) is 20.8. The van der Waals surface area contributed by atoms with Gasteiger partial charge in [-0.3, -0.25) is 14.6 Å². The van der Waals surface area contributed by atoms with Crippen molar-refractivity contribution in [3.8, 4) is 11.5 Å². The van der Waals surface area contributed by atoms with Gasteiger partial charge in [-0.25, -0.2) is 4.57 Å². The number of H-pyrrole nitrogens is 1. The highest BCUT2D eigenvalue weighted by atomic mass is 16.6. The van der Waals surface area contributed by atoms with Gasteiger partial charge in [-0.15, -0.1) is 0 Å². The van der Waals surface area contributed by atoms with Crippen molar-refractivity contribution >= 4 is 17.4 Å². The number of ketones is 1. The van der Waals surface area contributed by atoms with Crippen LogP contribution in [0.2, 0.25) is 0 Å². The number of amides is 1. The number of aryl methyl sites for hydroxylation is 1. The van der Waals surface area contributed by atoms with Crippen LogP contribution in [0.3, 0.4) is 0 Å². The van der Waals surface area contributed by atoms with Gasteiger partial charge in [-0.2, -0.15) is 0 Å². The lowest BCUT2D eigenvalue weighted by molar-refractivity contribution is -0.695. The Morgan fingerprint density at radius 2 is 1.88 bits per heavy atom. The van der Waals surface area contributed by atoms with Crippen molar-refractivity contribution in [3.05, 3.63) is 84.0 Å². The molecule has 8 nitrogen and oxygen atoms in total. The third-order valence-electron chi connectivity index (χ3n) is 5.87. The summed E-state index contributed by atoms with van der Waals surface area (Å²) in [6.45, 7) is 1.85. The van der Waals surface area contributed by atoms with E-state index in [0.717, 1.165) is 5.56 Å². The SMILES string of the molecule is O=C1C(=O)N(CCC[n+]2cc[nH]c2)C(c2ccccc2)/C1=C(\[O-])c1ccc2c(c1)OCCO2. The summed E-state index contributed by atoms with van der Waals surface area (Å²) in [4.78, 5) is 30.6. The molecule has 1 N–H and O–H groups in total. The lowest BCUT2D eigenvalue weighted by Crippen LogP contribution is -2.36. The molecule has 1 saturated heterocycles. The number of fused-ring (bicyclic) bond motifs is 1. The summed E-state index contributed by atoms with van der Waals surface area (Å²) < 4.78 is 13.1. The molecule has 2 aliphatic heterocycles. The van der Waals surface area contributed by atoms with Gasteiger partial charge < -0.3 is 19.5 Å². The number of rotatable bonds is 6. The first-order chi connectivity index (χ1) is 16.1. The lowest BCUT2D eigenvalue weighted by atomic mass is 9.95. The molecule has 1 amide bonds. The molecule has 0 radical (unpaired) electrons. The van der Waals surface area contributed by atoms with Crippen LogP contribution in [0.15, 0.2) is 72.8 Å². The van der Waals surface area contributed by atoms with Crippen LogP contribution >= 0.6 is 0 Å². The number of nitrogens with zero attached hydrogens (tertiary/aromatic N) is 2. The van der Waals surface area contributed by atoms with Crippen molar-refractivity contribution in [3.63, 3.8) is 0 Å². The van der Waals surface area contributed by atoms with Gasteiger partial charge in [-0.05, 0) is 23.3 Å². The standard InChI is InChI=1S/C25H23N3O5/c29-23(18-7-8-19-20(15-18)33-14-13-32-19)21-22(17-5-2-1-3-6-17)28(25(31)24(21)30)11-4-10-27-12-9-26-16-27/h1-3,5-9,12,15-16,22H,4,10-11,13-14H2,(H,29,30). The van der Waals surface area contributed by atoms with Crippen LogP contribution in [0, 0.1) is 0 Å². The van der Waals surface area contributed by atoms with Crippen molar-refractivity contribution in [2.24, 2.45) is 0 Å². The van der Waals surface area contributed by atoms with E-state index in [1.165, 1.54) is 4.90 Å². The average Bonchev–Trinajstić information content (AvgIpc) is 3.46. The summed E-state index contributed by atoms with van der Waals surface area (Å²) >= 11 is 0. The number of nitrogens with one attached hydrogen (secondary N) is 1. The number of ether oxygens (including phenoxy) is 2. The molecule has 1 unspecified atom stereocenters. The molecule has 8 heteroatoms. The van der Waals surface area contributed by atoms with Gasteiger partial charge in [0.15, 0.2) is 11.5 Å². The molecule has 5 rings (SSSR count). The van der Waals surface area contributed by atoms with E-state index in [9.17, 15) is 14.7 Å². The van der Waals surface area contributed by atoms with Gasteiger partial charge in [-0.1, -0.05) is 42.2 Å². The van der Waals surface area contributed by atoms with Gasteiger partial charge in [0.25, 0.3) is 5.91 Å². The van der Waals surface area contributed by atoms with Gasteiger partial charge >= 0.3 is 0 Å². The van der Waals surface area contributed by atoms with Crippen molar-refractivity contribution in [1.29, 1.82) is 0 Å². The molecule has 2 aliphatic rings. The Hall–Kier alpha value is -4.07. The van der Waals surface area contributed by atoms with Crippen molar-refractivity contribution in [2.45, 2.75) is 19.0 Å².